The molecule has 1 aromatic carbocycles. The van der Waals surface area contributed by atoms with Gasteiger partial charge >= 0.3 is 0 Å². The number of carbonyl (C=O) groups excluding carboxylic acids is 2. The maximum atomic E-state index is 13.0. The van der Waals surface area contributed by atoms with E-state index in [0.29, 0.717) is 29.5 Å². The van der Waals surface area contributed by atoms with E-state index in [4.69, 9.17) is 11.6 Å². The lowest BCUT2D eigenvalue weighted by atomic mass is 9.99. The van der Waals surface area contributed by atoms with Crippen LogP contribution in [0.2, 0.25) is 5.02 Å². The van der Waals surface area contributed by atoms with Crippen LogP contribution < -0.4 is 5.32 Å². The van der Waals surface area contributed by atoms with E-state index < -0.39 is 12.1 Å². The number of hydrogen-bond donors (Lipinski definition) is 2. The lowest BCUT2D eigenvalue weighted by Gasteiger charge is -2.29. The molecule has 2 N–H and O–H groups in total. The highest BCUT2D eigenvalue weighted by Gasteiger charge is 2.57. The molecule has 2 saturated carbocycles. The topological polar surface area (TPSA) is 113 Å². The highest BCUT2D eigenvalue weighted by atomic mass is 35.5. The van der Waals surface area contributed by atoms with E-state index in [1.807, 2.05) is 0 Å². The van der Waals surface area contributed by atoms with Crippen molar-refractivity contribution < 1.29 is 14.7 Å². The zero-order chi connectivity index (χ0) is 21.8. The van der Waals surface area contributed by atoms with Crippen LogP contribution in [-0.2, 0) is 16.1 Å². The first-order valence-electron chi connectivity index (χ1n) is 10.6. The molecule has 10 heteroatoms. The van der Waals surface area contributed by atoms with E-state index in [1.54, 1.807) is 23.1 Å². The van der Waals surface area contributed by atoms with Crippen molar-refractivity contribution in [3.8, 4) is 5.69 Å². The van der Waals surface area contributed by atoms with Crippen LogP contribution in [0.1, 0.15) is 44.6 Å². The molecule has 2 amide bonds. The Morgan fingerprint density at radius 1 is 1.35 bits per heavy atom. The summed E-state index contributed by atoms with van der Waals surface area (Å²) in [6.07, 6.45) is 4.53. The van der Waals surface area contributed by atoms with E-state index in [9.17, 15) is 14.7 Å². The SMILES string of the molecule is CC1(C[C@@H](O)C(=O)N2[C@@H]3C[C@@H]3C[C@H]2C(=O)NCc2cc(Cl)ccc2-n2cnnn2)CC1. The van der Waals surface area contributed by atoms with Crippen molar-refractivity contribution >= 4 is 23.4 Å². The van der Waals surface area contributed by atoms with Gasteiger partial charge in [-0.1, -0.05) is 18.5 Å². The number of likely N-dealkylation sites (tertiary alicyclic amines) is 1. The largest absolute Gasteiger partial charge is 0.383 e. The number of nitrogens with zero attached hydrogens (tertiary/aromatic N) is 5. The van der Waals surface area contributed by atoms with E-state index in [0.717, 1.165) is 24.8 Å². The fraction of sp³-hybridized carbons (Fsp3) is 0.571. The summed E-state index contributed by atoms with van der Waals surface area (Å²) in [5.74, 6) is -0.171. The highest BCUT2D eigenvalue weighted by Crippen LogP contribution is 2.51. The van der Waals surface area contributed by atoms with Crippen LogP contribution in [0.5, 0.6) is 0 Å². The van der Waals surface area contributed by atoms with Crippen LogP contribution in [0.25, 0.3) is 5.69 Å². The molecule has 0 radical (unpaired) electrons. The van der Waals surface area contributed by atoms with Gasteiger partial charge in [0.2, 0.25) is 5.91 Å². The molecule has 0 bridgehead atoms. The average molecular weight is 445 g/mol. The van der Waals surface area contributed by atoms with Gasteiger partial charge in [0, 0.05) is 17.6 Å². The number of amides is 2. The van der Waals surface area contributed by atoms with Gasteiger partial charge in [0.15, 0.2) is 0 Å². The monoisotopic (exact) mass is 444 g/mol. The predicted octanol–water partition coefficient (Wildman–Crippen LogP) is 1.47. The standard InChI is InChI=1S/C21H25ClN6O3/c1-21(4-5-21)9-18(29)20(31)28-16-7-12(16)8-17(28)19(30)23-10-13-6-14(22)2-3-15(13)27-11-24-25-26-27/h2-3,6,11-12,16-18,29H,4-5,7-10H2,1H3,(H,23,30)/t12-,16-,17+,18-/m1/s1. The molecule has 1 aromatic heterocycles. The van der Waals surface area contributed by atoms with Gasteiger partial charge < -0.3 is 15.3 Å². The summed E-state index contributed by atoms with van der Waals surface area (Å²) in [6, 6.07) is 4.81. The molecule has 31 heavy (non-hydrogen) atoms. The maximum absolute atomic E-state index is 13.0. The second-order valence-corrected chi connectivity index (χ2v) is 9.77. The fourth-order valence-electron chi connectivity index (χ4n) is 4.64. The number of carbonyl (C=O) groups is 2. The number of tetrazole rings is 1. The van der Waals surface area contributed by atoms with Crippen LogP contribution >= 0.6 is 11.6 Å². The Hall–Kier alpha value is -2.52. The van der Waals surface area contributed by atoms with Gasteiger partial charge in [-0.2, -0.15) is 0 Å². The minimum atomic E-state index is -1.04. The third kappa shape index (κ3) is 4.04. The Balaban J connectivity index is 1.27. The average Bonchev–Trinajstić information content (AvgIpc) is 3.54. The number of piperidine rings is 1. The smallest absolute Gasteiger partial charge is 0.252 e. The lowest BCUT2D eigenvalue weighted by Crippen LogP contribution is -2.51. The molecule has 0 spiro atoms. The Kier molecular flexibility index (Phi) is 4.97. The van der Waals surface area contributed by atoms with Crippen molar-refractivity contribution in [2.24, 2.45) is 11.3 Å². The van der Waals surface area contributed by atoms with E-state index >= 15 is 0 Å². The number of benzene rings is 1. The van der Waals surface area contributed by atoms with Crippen molar-refractivity contribution in [3.05, 3.63) is 35.1 Å². The van der Waals surface area contributed by atoms with E-state index in [1.165, 1.54) is 11.0 Å². The molecular formula is C21H25ClN6O3. The second kappa shape index (κ2) is 7.56. The lowest BCUT2D eigenvalue weighted by molar-refractivity contribution is -0.147. The molecule has 2 aromatic rings. The highest BCUT2D eigenvalue weighted by molar-refractivity contribution is 6.30. The summed E-state index contributed by atoms with van der Waals surface area (Å²) in [5.41, 5.74) is 1.54. The van der Waals surface area contributed by atoms with Crippen LogP contribution in [0, 0.1) is 11.3 Å². The molecule has 3 fully saturated rings. The normalized spacial score (nSPS) is 26.3. The van der Waals surface area contributed by atoms with Crippen LogP contribution in [0.4, 0.5) is 0 Å². The van der Waals surface area contributed by atoms with Crippen LogP contribution in [0.15, 0.2) is 24.5 Å². The van der Waals surface area contributed by atoms with Crippen molar-refractivity contribution in [3.63, 3.8) is 0 Å². The van der Waals surface area contributed by atoms with Crippen molar-refractivity contribution in [1.82, 2.24) is 30.4 Å². The number of halogens is 1. The number of nitrogens with one attached hydrogen (secondary N) is 1. The zero-order valence-corrected chi connectivity index (χ0v) is 18.0. The summed E-state index contributed by atoms with van der Waals surface area (Å²) in [5, 5.41) is 25.2. The molecule has 164 valence electrons. The molecule has 0 unspecified atom stereocenters. The first-order chi connectivity index (χ1) is 14.8. The van der Waals surface area contributed by atoms with Gasteiger partial charge in [-0.25, -0.2) is 4.68 Å². The fourth-order valence-corrected chi connectivity index (χ4v) is 4.84. The van der Waals surface area contributed by atoms with Gasteiger partial charge in [-0.3, -0.25) is 9.59 Å². The van der Waals surface area contributed by atoms with Crippen molar-refractivity contribution in [1.29, 1.82) is 0 Å². The van der Waals surface area contributed by atoms with E-state index in [-0.39, 0.29) is 29.8 Å². The number of fused-ring (bicyclic) bond motifs is 1. The Morgan fingerprint density at radius 3 is 2.87 bits per heavy atom. The van der Waals surface area contributed by atoms with E-state index in [2.05, 4.69) is 27.8 Å². The van der Waals surface area contributed by atoms with Gasteiger partial charge in [-0.05, 0) is 77.6 Å². The molecule has 3 aliphatic rings. The minimum Gasteiger partial charge on any atom is -0.383 e. The molecule has 4 atom stereocenters. The molecular weight excluding hydrogens is 420 g/mol. The number of aromatic nitrogens is 4. The molecule has 1 saturated heterocycles. The predicted molar refractivity (Wildman–Crippen MR) is 111 cm³/mol. The number of aliphatic hydroxyl groups excluding tert-OH is 1. The summed E-state index contributed by atoms with van der Waals surface area (Å²) >= 11 is 6.15. The second-order valence-electron chi connectivity index (χ2n) is 9.34. The maximum Gasteiger partial charge on any atom is 0.252 e. The molecule has 1 aliphatic heterocycles. The number of hydrogen-bond acceptors (Lipinski definition) is 6. The first-order valence-corrected chi connectivity index (χ1v) is 11.0. The zero-order valence-electron chi connectivity index (χ0n) is 17.2. The van der Waals surface area contributed by atoms with Gasteiger partial charge in [0.05, 0.1) is 5.69 Å². The molecule has 2 aliphatic carbocycles. The minimum absolute atomic E-state index is 0.0642. The number of rotatable bonds is 7. The first kappa shape index (κ1) is 20.4. The van der Waals surface area contributed by atoms with Gasteiger partial charge in [0.25, 0.3) is 5.91 Å². The molecule has 5 rings (SSSR count). The quantitative estimate of drug-likeness (QED) is 0.668. The third-order valence-electron chi connectivity index (χ3n) is 6.83. The summed E-state index contributed by atoms with van der Waals surface area (Å²) in [4.78, 5) is 27.7. The van der Waals surface area contributed by atoms with Crippen molar-refractivity contribution in [2.45, 2.75) is 63.8 Å². The van der Waals surface area contributed by atoms with Gasteiger partial charge in [0.1, 0.15) is 18.5 Å². The van der Waals surface area contributed by atoms with Gasteiger partial charge in [-0.15, -0.1) is 5.10 Å². The summed E-state index contributed by atoms with van der Waals surface area (Å²) < 4.78 is 1.51. The Morgan fingerprint density at radius 2 is 2.16 bits per heavy atom. The summed E-state index contributed by atoms with van der Waals surface area (Å²) in [7, 11) is 0. The summed E-state index contributed by atoms with van der Waals surface area (Å²) in [6.45, 7) is 2.31. The van der Waals surface area contributed by atoms with Crippen LogP contribution in [0.3, 0.4) is 0 Å². The van der Waals surface area contributed by atoms with Crippen LogP contribution in [-0.4, -0.2) is 60.2 Å². The van der Waals surface area contributed by atoms with Crippen molar-refractivity contribution in [2.75, 3.05) is 0 Å². The molecule has 9 nitrogen and oxygen atoms in total. The number of aliphatic hydroxyl groups is 1. The Bertz CT molecular complexity index is 1010. The molecule has 2 heterocycles. The third-order valence-corrected chi connectivity index (χ3v) is 7.06. The Labute approximate surface area is 184 Å².